The molecule has 0 aromatic carbocycles. The molecule has 2 heteroatoms. The molecule has 0 rings (SSSR count). The summed E-state index contributed by atoms with van der Waals surface area (Å²) in [5, 5.41) is 12.1. The Labute approximate surface area is 82.7 Å². The van der Waals surface area contributed by atoms with E-state index in [2.05, 4.69) is 26.1 Å². The lowest BCUT2D eigenvalue weighted by atomic mass is 10.1. The second-order valence-electron chi connectivity index (χ2n) is 4.12. The lowest BCUT2D eigenvalue weighted by molar-refractivity contribution is 0.282. The average molecular weight is 187 g/mol. The molecular formula is C11H25NO. The van der Waals surface area contributed by atoms with Gasteiger partial charge in [-0.2, -0.15) is 0 Å². The van der Waals surface area contributed by atoms with Gasteiger partial charge in [0.2, 0.25) is 0 Å². The molecule has 0 bridgehead atoms. The minimum Gasteiger partial charge on any atom is -0.396 e. The van der Waals surface area contributed by atoms with Crippen molar-refractivity contribution >= 4 is 0 Å². The van der Waals surface area contributed by atoms with E-state index in [1.807, 2.05) is 0 Å². The van der Waals surface area contributed by atoms with E-state index in [0.717, 1.165) is 25.3 Å². The standard InChI is InChI=1S/C11H25NO/c1-10(2)11(3)12-8-6-4-5-7-9-13/h10-13H,4-9H2,1-3H3. The maximum atomic E-state index is 8.57. The van der Waals surface area contributed by atoms with Crippen LogP contribution in [0.1, 0.15) is 46.5 Å². The van der Waals surface area contributed by atoms with Crippen molar-refractivity contribution in [1.29, 1.82) is 0 Å². The number of hydrogen-bond acceptors (Lipinski definition) is 2. The molecule has 0 heterocycles. The van der Waals surface area contributed by atoms with Crippen molar-refractivity contribution in [3.8, 4) is 0 Å². The minimum absolute atomic E-state index is 0.343. The highest BCUT2D eigenvalue weighted by molar-refractivity contribution is 4.63. The fourth-order valence-corrected chi connectivity index (χ4v) is 1.16. The summed E-state index contributed by atoms with van der Waals surface area (Å²) in [6, 6.07) is 0.623. The Balaban J connectivity index is 3.07. The monoisotopic (exact) mass is 187 g/mol. The molecular weight excluding hydrogens is 162 g/mol. The Morgan fingerprint density at radius 3 is 2.15 bits per heavy atom. The van der Waals surface area contributed by atoms with Crippen LogP contribution < -0.4 is 5.32 Å². The van der Waals surface area contributed by atoms with Gasteiger partial charge in [-0.25, -0.2) is 0 Å². The number of aliphatic hydroxyl groups is 1. The van der Waals surface area contributed by atoms with Gasteiger partial charge >= 0.3 is 0 Å². The first-order valence-corrected chi connectivity index (χ1v) is 5.52. The Morgan fingerprint density at radius 1 is 1.00 bits per heavy atom. The summed E-state index contributed by atoms with van der Waals surface area (Å²) >= 11 is 0. The number of unbranched alkanes of at least 4 members (excludes halogenated alkanes) is 3. The van der Waals surface area contributed by atoms with Gasteiger partial charge in [0.1, 0.15) is 0 Å². The maximum absolute atomic E-state index is 8.57. The van der Waals surface area contributed by atoms with Crippen LogP contribution in [-0.4, -0.2) is 24.3 Å². The van der Waals surface area contributed by atoms with Crippen LogP contribution in [0.5, 0.6) is 0 Å². The molecule has 1 unspecified atom stereocenters. The highest BCUT2D eigenvalue weighted by atomic mass is 16.2. The third-order valence-corrected chi connectivity index (χ3v) is 2.55. The van der Waals surface area contributed by atoms with E-state index in [4.69, 9.17) is 5.11 Å². The van der Waals surface area contributed by atoms with E-state index in [1.54, 1.807) is 0 Å². The van der Waals surface area contributed by atoms with Gasteiger partial charge in [-0.15, -0.1) is 0 Å². The zero-order valence-corrected chi connectivity index (χ0v) is 9.34. The van der Waals surface area contributed by atoms with Crippen molar-refractivity contribution < 1.29 is 5.11 Å². The predicted molar refractivity (Wildman–Crippen MR) is 57.9 cm³/mol. The van der Waals surface area contributed by atoms with Crippen LogP contribution in [0.15, 0.2) is 0 Å². The highest BCUT2D eigenvalue weighted by Crippen LogP contribution is 2.01. The second-order valence-corrected chi connectivity index (χ2v) is 4.12. The normalized spacial score (nSPS) is 13.6. The van der Waals surface area contributed by atoms with Gasteiger partial charge in [0.25, 0.3) is 0 Å². The SMILES string of the molecule is CC(C)C(C)NCCCCCCO. The van der Waals surface area contributed by atoms with E-state index in [-0.39, 0.29) is 0 Å². The number of aliphatic hydroxyl groups excluding tert-OH is 1. The van der Waals surface area contributed by atoms with Crippen molar-refractivity contribution in [2.45, 2.75) is 52.5 Å². The van der Waals surface area contributed by atoms with Crippen LogP contribution in [0, 0.1) is 5.92 Å². The molecule has 0 aliphatic carbocycles. The molecule has 2 N–H and O–H groups in total. The summed E-state index contributed by atoms with van der Waals surface area (Å²) in [6.07, 6.45) is 4.59. The summed E-state index contributed by atoms with van der Waals surface area (Å²) < 4.78 is 0. The zero-order valence-electron chi connectivity index (χ0n) is 9.34. The van der Waals surface area contributed by atoms with Gasteiger partial charge in [0, 0.05) is 12.6 Å². The quantitative estimate of drug-likeness (QED) is 0.571. The summed E-state index contributed by atoms with van der Waals surface area (Å²) in [4.78, 5) is 0. The topological polar surface area (TPSA) is 32.3 Å². The maximum Gasteiger partial charge on any atom is 0.0431 e. The molecule has 0 fully saturated rings. The molecule has 1 atom stereocenters. The van der Waals surface area contributed by atoms with Crippen LogP contribution in [0.4, 0.5) is 0 Å². The molecule has 0 spiro atoms. The smallest absolute Gasteiger partial charge is 0.0431 e. The van der Waals surface area contributed by atoms with Gasteiger partial charge in [-0.05, 0) is 32.2 Å². The summed E-state index contributed by atoms with van der Waals surface area (Å²) in [5.74, 6) is 0.720. The fourth-order valence-electron chi connectivity index (χ4n) is 1.16. The van der Waals surface area contributed by atoms with Gasteiger partial charge in [-0.1, -0.05) is 26.7 Å². The second kappa shape index (κ2) is 8.52. The van der Waals surface area contributed by atoms with Gasteiger partial charge in [-0.3, -0.25) is 0 Å². The lowest BCUT2D eigenvalue weighted by Gasteiger charge is -2.17. The van der Waals surface area contributed by atoms with Gasteiger partial charge in [0.05, 0.1) is 0 Å². The summed E-state index contributed by atoms with van der Waals surface area (Å²) in [5.41, 5.74) is 0. The fraction of sp³-hybridized carbons (Fsp3) is 1.00. The first kappa shape index (κ1) is 12.9. The largest absolute Gasteiger partial charge is 0.396 e. The number of hydrogen-bond donors (Lipinski definition) is 2. The minimum atomic E-state index is 0.343. The predicted octanol–water partition coefficient (Wildman–Crippen LogP) is 2.17. The van der Waals surface area contributed by atoms with Crippen LogP contribution >= 0.6 is 0 Å². The molecule has 0 saturated heterocycles. The average Bonchev–Trinajstić information content (AvgIpc) is 2.10. The van der Waals surface area contributed by atoms with Crippen molar-refractivity contribution in [2.75, 3.05) is 13.2 Å². The zero-order chi connectivity index (χ0) is 10.1. The third-order valence-electron chi connectivity index (χ3n) is 2.55. The summed E-state index contributed by atoms with van der Waals surface area (Å²) in [6.45, 7) is 8.17. The molecule has 80 valence electrons. The van der Waals surface area contributed by atoms with E-state index in [9.17, 15) is 0 Å². The van der Waals surface area contributed by atoms with Gasteiger partial charge < -0.3 is 10.4 Å². The highest BCUT2D eigenvalue weighted by Gasteiger charge is 2.04. The number of nitrogens with one attached hydrogen (secondary N) is 1. The Kier molecular flexibility index (Phi) is 8.46. The molecule has 2 nitrogen and oxygen atoms in total. The Morgan fingerprint density at radius 2 is 1.62 bits per heavy atom. The Hall–Kier alpha value is -0.0800. The van der Waals surface area contributed by atoms with E-state index in [1.165, 1.54) is 12.8 Å². The molecule has 0 saturated carbocycles. The number of rotatable bonds is 8. The molecule has 0 aliphatic heterocycles. The lowest BCUT2D eigenvalue weighted by Crippen LogP contribution is -2.31. The molecule has 0 aromatic heterocycles. The Bertz CT molecular complexity index is 104. The van der Waals surface area contributed by atoms with E-state index < -0.39 is 0 Å². The third kappa shape index (κ3) is 8.26. The van der Waals surface area contributed by atoms with E-state index >= 15 is 0 Å². The summed E-state index contributed by atoms with van der Waals surface area (Å²) in [7, 11) is 0. The molecule has 0 amide bonds. The van der Waals surface area contributed by atoms with Crippen molar-refractivity contribution in [2.24, 2.45) is 5.92 Å². The van der Waals surface area contributed by atoms with E-state index in [0.29, 0.717) is 12.6 Å². The molecule has 0 aliphatic rings. The van der Waals surface area contributed by atoms with Crippen LogP contribution in [-0.2, 0) is 0 Å². The van der Waals surface area contributed by atoms with Crippen LogP contribution in [0.2, 0.25) is 0 Å². The molecule has 13 heavy (non-hydrogen) atoms. The van der Waals surface area contributed by atoms with Crippen LogP contribution in [0.3, 0.4) is 0 Å². The molecule has 0 aromatic rings. The van der Waals surface area contributed by atoms with Crippen LogP contribution in [0.25, 0.3) is 0 Å². The van der Waals surface area contributed by atoms with Crippen molar-refractivity contribution in [3.63, 3.8) is 0 Å². The van der Waals surface area contributed by atoms with Crippen molar-refractivity contribution in [1.82, 2.24) is 5.32 Å². The first-order chi connectivity index (χ1) is 6.18. The first-order valence-electron chi connectivity index (χ1n) is 5.52. The molecule has 0 radical (unpaired) electrons. The van der Waals surface area contributed by atoms with Crippen molar-refractivity contribution in [3.05, 3.63) is 0 Å². The van der Waals surface area contributed by atoms with Gasteiger partial charge in [0.15, 0.2) is 0 Å².